The number of aliphatic hydroxyl groups excluding tert-OH is 1. The fourth-order valence-electron chi connectivity index (χ4n) is 2.27. The van der Waals surface area contributed by atoms with Crippen LogP contribution in [0.5, 0.6) is 5.75 Å². The third kappa shape index (κ3) is 5.54. The average Bonchev–Trinajstić information content (AvgIpc) is 2.58. The lowest BCUT2D eigenvalue weighted by Crippen LogP contribution is -2.13. The first-order valence-corrected chi connectivity index (χ1v) is 7.57. The van der Waals surface area contributed by atoms with Gasteiger partial charge < -0.3 is 19.9 Å². The fraction of sp³-hybridized carbons (Fsp3) is 0.333. The van der Waals surface area contributed by atoms with Gasteiger partial charge in [-0.1, -0.05) is 12.1 Å². The Hall–Kier alpha value is -2.11. The molecule has 2 N–H and O–H groups in total. The van der Waals surface area contributed by atoms with E-state index < -0.39 is 0 Å². The minimum atomic E-state index is -0.246. The summed E-state index contributed by atoms with van der Waals surface area (Å²) in [4.78, 5) is 0. The first kappa shape index (κ1) is 17.2. The Balaban J connectivity index is 2.06. The van der Waals surface area contributed by atoms with E-state index in [2.05, 4.69) is 5.32 Å². The molecule has 124 valence electrons. The highest BCUT2D eigenvalue weighted by Gasteiger charge is 2.11. The van der Waals surface area contributed by atoms with Gasteiger partial charge in [0, 0.05) is 19.4 Å². The molecule has 0 fully saturated rings. The van der Waals surface area contributed by atoms with Gasteiger partial charge in [-0.15, -0.1) is 0 Å². The van der Waals surface area contributed by atoms with Crippen LogP contribution in [0.4, 0.5) is 10.1 Å². The molecule has 0 amide bonds. The molecule has 0 aliphatic rings. The second kappa shape index (κ2) is 9.12. The number of nitrogens with one attached hydrogen (secondary N) is 1. The molecular formula is C18H22FNO3. The highest BCUT2D eigenvalue weighted by molar-refractivity contribution is 5.48. The highest BCUT2D eigenvalue weighted by Crippen LogP contribution is 2.24. The van der Waals surface area contributed by atoms with E-state index in [-0.39, 0.29) is 25.1 Å². The van der Waals surface area contributed by atoms with Crippen molar-refractivity contribution >= 4 is 5.69 Å². The van der Waals surface area contributed by atoms with E-state index in [1.165, 1.54) is 12.1 Å². The molecule has 0 heterocycles. The molecule has 5 heteroatoms. The summed E-state index contributed by atoms with van der Waals surface area (Å²) in [6, 6.07) is 14.0. The number of ether oxygens (including phenoxy) is 2. The van der Waals surface area contributed by atoms with E-state index >= 15 is 0 Å². The molecule has 2 aromatic rings. The van der Waals surface area contributed by atoms with Gasteiger partial charge in [0.05, 0.1) is 12.6 Å². The first-order chi connectivity index (χ1) is 11.2. The van der Waals surface area contributed by atoms with Crippen LogP contribution in [0.3, 0.4) is 0 Å². The van der Waals surface area contributed by atoms with Crippen LogP contribution < -0.4 is 10.1 Å². The van der Waals surface area contributed by atoms with Crippen molar-refractivity contribution in [3.05, 3.63) is 59.9 Å². The van der Waals surface area contributed by atoms with E-state index in [0.717, 1.165) is 17.7 Å². The molecule has 2 aromatic carbocycles. The third-order valence-electron chi connectivity index (χ3n) is 3.44. The first-order valence-electron chi connectivity index (χ1n) is 7.57. The number of halogens is 1. The molecule has 0 spiro atoms. The third-order valence-corrected chi connectivity index (χ3v) is 3.44. The van der Waals surface area contributed by atoms with Gasteiger partial charge in [0.25, 0.3) is 0 Å². The topological polar surface area (TPSA) is 50.7 Å². The molecular weight excluding hydrogens is 297 g/mol. The smallest absolute Gasteiger partial charge is 0.123 e. The van der Waals surface area contributed by atoms with Crippen molar-refractivity contribution in [3.8, 4) is 5.75 Å². The molecule has 0 aliphatic carbocycles. The summed E-state index contributed by atoms with van der Waals surface area (Å²) in [5, 5.41) is 12.2. The minimum absolute atomic E-state index is 0.0103. The summed E-state index contributed by atoms with van der Waals surface area (Å²) in [7, 11) is 1.66. The van der Waals surface area contributed by atoms with Crippen molar-refractivity contribution in [3.63, 3.8) is 0 Å². The van der Waals surface area contributed by atoms with Crippen LogP contribution in [-0.2, 0) is 4.74 Å². The Morgan fingerprint density at radius 2 is 1.74 bits per heavy atom. The van der Waals surface area contributed by atoms with Gasteiger partial charge in [-0.05, 0) is 48.4 Å². The number of aliphatic hydroxyl groups is 1. The number of rotatable bonds is 9. The summed E-state index contributed by atoms with van der Waals surface area (Å²) in [6.45, 7) is 0.870. The predicted octanol–water partition coefficient (Wildman–Crippen LogP) is 3.39. The van der Waals surface area contributed by atoms with Crippen LogP contribution in [0.15, 0.2) is 48.5 Å². The molecule has 0 aromatic heterocycles. The Labute approximate surface area is 135 Å². The van der Waals surface area contributed by atoms with E-state index in [4.69, 9.17) is 14.6 Å². The number of benzene rings is 2. The summed E-state index contributed by atoms with van der Waals surface area (Å²) in [5.74, 6) is 0.462. The molecule has 4 nitrogen and oxygen atoms in total. The Bertz CT molecular complexity index is 572. The SMILES string of the molecule is COCCC(Nc1ccc(OCCO)cc1)c1ccc(F)cc1. The normalized spacial score (nSPS) is 12.0. The minimum Gasteiger partial charge on any atom is -0.491 e. The quantitative estimate of drug-likeness (QED) is 0.744. The number of hydrogen-bond acceptors (Lipinski definition) is 4. The summed E-state index contributed by atoms with van der Waals surface area (Å²) < 4.78 is 23.6. The number of anilines is 1. The van der Waals surface area contributed by atoms with Crippen LogP contribution in [0.2, 0.25) is 0 Å². The van der Waals surface area contributed by atoms with Gasteiger partial charge in [-0.2, -0.15) is 0 Å². The van der Waals surface area contributed by atoms with Crippen molar-refractivity contribution < 1.29 is 19.0 Å². The van der Waals surface area contributed by atoms with Gasteiger partial charge in [0.1, 0.15) is 18.2 Å². The maximum absolute atomic E-state index is 13.1. The van der Waals surface area contributed by atoms with Crippen molar-refractivity contribution in [2.75, 3.05) is 32.2 Å². The number of hydrogen-bond donors (Lipinski definition) is 2. The van der Waals surface area contributed by atoms with Crippen LogP contribution in [0, 0.1) is 5.82 Å². The van der Waals surface area contributed by atoms with Crippen LogP contribution in [0.1, 0.15) is 18.0 Å². The molecule has 0 saturated carbocycles. The Morgan fingerprint density at radius 3 is 2.35 bits per heavy atom. The molecule has 0 bridgehead atoms. The predicted molar refractivity (Wildman–Crippen MR) is 88.3 cm³/mol. The van der Waals surface area contributed by atoms with Gasteiger partial charge in [-0.3, -0.25) is 0 Å². The van der Waals surface area contributed by atoms with E-state index in [9.17, 15) is 4.39 Å². The lowest BCUT2D eigenvalue weighted by Gasteiger charge is -2.20. The molecule has 0 aliphatic heterocycles. The molecule has 23 heavy (non-hydrogen) atoms. The fourth-order valence-corrected chi connectivity index (χ4v) is 2.27. The van der Waals surface area contributed by atoms with Crippen molar-refractivity contribution in [2.24, 2.45) is 0 Å². The maximum atomic E-state index is 13.1. The molecule has 2 rings (SSSR count). The Morgan fingerprint density at radius 1 is 1.04 bits per heavy atom. The van der Waals surface area contributed by atoms with E-state index in [0.29, 0.717) is 12.4 Å². The van der Waals surface area contributed by atoms with Gasteiger partial charge in [0.15, 0.2) is 0 Å². The molecule has 0 radical (unpaired) electrons. The largest absolute Gasteiger partial charge is 0.491 e. The molecule has 0 saturated heterocycles. The van der Waals surface area contributed by atoms with Crippen molar-refractivity contribution in [1.29, 1.82) is 0 Å². The van der Waals surface area contributed by atoms with Crippen molar-refractivity contribution in [2.45, 2.75) is 12.5 Å². The van der Waals surface area contributed by atoms with Gasteiger partial charge in [-0.25, -0.2) is 4.39 Å². The zero-order valence-corrected chi connectivity index (χ0v) is 13.2. The maximum Gasteiger partial charge on any atom is 0.123 e. The lowest BCUT2D eigenvalue weighted by molar-refractivity contribution is 0.190. The summed E-state index contributed by atoms with van der Waals surface area (Å²) in [6.07, 6.45) is 0.769. The van der Waals surface area contributed by atoms with Gasteiger partial charge >= 0.3 is 0 Å². The van der Waals surface area contributed by atoms with E-state index in [1.54, 1.807) is 19.2 Å². The lowest BCUT2D eigenvalue weighted by atomic mass is 10.0. The second-order valence-corrected chi connectivity index (χ2v) is 5.13. The Kier molecular flexibility index (Phi) is 6.84. The van der Waals surface area contributed by atoms with Crippen LogP contribution >= 0.6 is 0 Å². The monoisotopic (exact) mass is 319 g/mol. The van der Waals surface area contributed by atoms with Gasteiger partial charge in [0.2, 0.25) is 0 Å². The zero-order chi connectivity index (χ0) is 16.5. The van der Waals surface area contributed by atoms with E-state index in [1.807, 2.05) is 24.3 Å². The average molecular weight is 319 g/mol. The summed E-state index contributed by atoms with van der Waals surface area (Å²) in [5.41, 5.74) is 1.94. The molecule has 1 atom stereocenters. The van der Waals surface area contributed by atoms with Crippen LogP contribution in [-0.4, -0.2) is 32.0 Å². The highest BCUT2D eigenvalue weighted by atomic mass is 19.1. The van der Waals surface area contributed by atoms with Crippen LogP contribution in [0.25, 0.3) is 0 Å². The number of methoxy groups -OCH3 is 1. The molecule has 1 unspecified atom stereocenters. The second-order valence-electron chi connectivity index (χ2n) is 5.13. The standard InChI is InChI=1S/C18H22FNO3/c1-22-12-10-18(14-2-4-15(19)5-3-14)20-16-6-8-17(9-7-16)23-13-11-21/h2-9,18,20-21H,10-13H2,1H3. The zero-order valence-electron chi connectivity index (χ0n) is 13.2. The van der Waals surface area contributed by atoms with Crippen molar-refractivity contribution in [1.82, 2.24) is 0 Å². The summed E-state index contributed by atoms with van der Waals surface area (Å²) >= 11 is 0.